The van der Waals surface area contributed by atoms with Crippen LogP contribution in [0.3, 0.4) is 0 Å². The van der Waals surface area contributed by atoms with Crippen molar-refractivity contribution in [2.45, 2.75) is 57.0 Å². The number of unbranched alkanes of at least 4 members (excludes halogenated alkanes) is 1. The highest BCUT2D eigenvalue weighted by Crippen LogP contribution is 1.96. The summed E-state index contributed by atoms with van der Waals surface area (Å²) in [6, 6.07) is -2.03. The lowest BCUT2D eigenvalue weighted by Crippen LogP contribution is -2.33. The van der Waals surface area contributed by atoms with Gasteiger partial charge in [-0.15, -0.1) is 0 Å². The molecule has 0 fully saturated rings. The molecule has 1 unspecified atom stereocenters. The van der Waals surface area contributed by atoms with Gasteiger partial charge in [0.1, 0.15) is 12.1 Å². The second-order valence-electron chi connectivity index (χ2n) is 6.48. The quantitative estimate of drug-likeness (QED) is 0.139. The molecule has 0 aromatic heterocycles. The summed E-state index contributed by atoms with van der Waals surface area (Å²) in [4.78, 5) is 44.1. The molecule has 0 aliphatic rings. The van der Waals surface area contributed by atoms with Crippen molar-refractivity contribution in [3.8, 4) is 0 Å². The summed E-state index contributed by atoms with van der Waals surface area (Å²) in [6.45, 7) is 2.54. The van der Waals surface area contributed by atoms with Crippen LogP contribution < -0.4 is 27.4 Å². The SMILES string of the molecule is NC(CCC(=O)NCCCCNCCCNC(=O)CC[C@H](N)C(=O)O)C(=O)O. The van der Waals surface area contributed by atoms with E-state index in [2.05, 4.69) is 16.0 Å². The summed E-state index contributed by atoms with van der Waals surface area (Å²) in [7, 11) is 0. The number of amides is 2. The van der Waals surface area contributed by atoms with E-state index in [9.17, 15) is 19.2 Å². The summed E-state index contributed by atoms with van der Waals surface area (Å²) in [5.41, 5.74) is 10.7. The highest BCUT2D eigenvalue weighted by atomic mass is 16.4. The monoisotopic (exact) mass is 403 g/mol. The van der Waals surface area contributed by atoms with Crippen LogP contribution in [0.15, 0.2) is 0 Å². The zero-order valence-corrected chi connectivity index (χ0v) is 16.1. The molecule has 0 radical (unpaired) electrons. The lowest BCUT2D eigenvalue weighted by atomic mass is 10.1. The summed E-state index contributed by atoms with van der Waals surface area (Å²) in [5.74, 6) is -2.64. The smallest absolute Gasteiger partial charge is 0.320 e. The highest BCUT2D eigenvalue weighted by molar-refractivity contribution is 5.78. The Balaban J connectivity index is 3.42. The number of hydrogen-bond acceptors (Lipinski definition) is 7. The Kier molecular flexibility index (Phi) is 14.5. The van der Waals surface area contributed by atoms with Crippen molar-refractivity contribution in [1.82, 2.24) is 16.0 Å². The fourth-order valence-electron chi connectivity index (χ4n) is 2.17. The Morgan fingerprint density at radius 3 is 1.54 bits per heavy atom. The number of aliphatic carboxylic acids is 2. The molecule has 0 saturated carbocycles. The van der Waals surface area contributed by atoms with Crippen LogP contribution in [0, 0.1) is 0 Å². The van der Waals surface area contributed by atoms with Crippen LogP contribution in [-0.2, 0) is 19.2 Å². The van der Waals surface area contributed by atoms with Gasteiger partial charge < -0.3 is 37.6 Å². The Morgan fingerprint density at radius 1 is 0.679 bits per heavy atom. The minimum absolute atomic E-state index is 0.0921. The van der Waals surface area contributed by atoms with Crippen LogP contribution >= 0.6 is 0 Å². The van der Waals surface area contributed by atoms with Crippen LogP contribution in [0.4, 0.5) is 0 Å². The molecule has 162 valence electrons. The van der Waals surface area contributed by atoms with E-state index in [0.717, 1.165) is 32.4 Å². The van der Waals surface area contributed by atoms with Gasteiger partial charge in [0.15, 0.2) is 0 Å². The van der Waals surface area contributed by atoms with Crippen molar-refractivity contribution in [2.75, 3.05) is 26.2 Å². The molecule has 11 nitrogen and oxygen atoms in total. The minimum atomic E-state index is -1.11. The fraction of sp³-hybridized carbons (Fsp3) is 0.765. The predicted octanol–water partition coefficient (Wildman–Crippen LogP) is -1.64. The van der Waals surface area contributed by atoms with Crippen molar-refractivity contribution in [1.29, 1.82) is 0 Å². The number of hydrogen-bond donors (Lipinski definition) is 7. The van der Waals surface area contributed by atoms with E-state index in [1.807, 2.05) is 0 Å². The number of nitrogens with one attached hydrogen (secondary N) is 3. The van der Waals surface area contributed by atoms with Crippen LogP contribution in [0.2, 0.25) is 0 Å². The topological polar surface area (TPSA) is 197 Å². The second-order valence-corrected chi connectivity index (χ2v) is 6.48. The largest absolute Gasteiger partial charge is 0.480 e. The van der Waals surface area contributed by atoms with Crippen molar-refractivity contribution >= 4 is 23.8 Å². The van der Waals surface area contributed by atoms with Crippen LogP contribution in [-0.4, -0.2) is 72.2 Å². The van der Waals surface area contributed by atoms with Crippen molar-refractivity contribution in [3.05, 3.63) is 0 Å². The summed E-state index contributed by atoms with van der Waals surface area (Å²) >= 11 is 0. The molecule has 0 rings (SSSR count). The van der Waals surface area contributed by atoms with E-state index in [4.69, 9.17) is 21.7 Å². The van der Waals surface area contributed by atoms with E-state index < -0.39 is 24.0 Å². The van der Waals surface area contributed by atoms with E-state index in [-0.39, 0.29) is 37.5 Å². The Bertz CT molecular complexity index is 458. The molecule has 0 saturated heterocycles. The molecule has 0 heterocycles. The molecule has 0 aromatic rings. The molecular weight excluding hydrogens is 370 g/mol. The number of carbonyl (C=O) groups is 4. The van der Waals surface area contributed by atoms with Crippen LogP contribution in [0.1, 0.15) is 44.9 Å². The molecule has 28 heavy (non-hydrogen) atoms. The van der Waals surface area contributed by atoms with E-state index in [1.165, 1.54) is 0 Å². The van der Waals surface area contributed by atoms with E-state index in [0.29, 0.717) is 13.1 Å². The van der Waals surface area contributed by atoms with Gasteiger partial charge >= 0.3 is 11.9 Å². The van der Waals surface area contributed by atoms with E-state index in [1.54, 1.807) is 0 Å². The van der Waals surface area contributed by atoms with E-state index >= 15 is 0 Å². The van der Waals surface area contributed by atoms with Gasteiger partial charge in [0.25, 0.3) is 0 Å². The van der Waals surface area contributed by atoms with Gasteiger partial charge in [0.05, 0.1) is 0 Å². The molecule has 2 amide bonds. The first-order valence-electron chi connectivity index (χ1n) is 9.45. The van der Waals surface area contributed by atoms with Crippen LogP contribution in [0.5, 0.6) is 0 Å². The lowest BCUT2D eigenvalue weighted by molar-refractivity contribution is -0.139. The second kappa shape index (κ2) is 15.8. The van der Waals surface area contributed by atoms with Crippen molar-refractivity contribution < 1.29 is 29.4 Å². The van der Waals surface area contributed by atoms with Gasteiger partial charge in [-0.3, -0.25) is 19.2 Å². The normalized spacial score (nSPS) is 12.8. The average molecular weight is 403 g/mol. The van der Waals surface area contributed by atoms with Crippen molar-refractivity contribution in [2.24, 2.45) is 11.5 Å². The first-order valence-corrected chi connectivity index (χ1v) is 9.45. The Hall–Kier alpha value is -2.24. The number of carboxylic acids is 2. The lowest BCUT2D eigenvalue weighted by Gasteiger charge is -2.09. The molecule has 9 N–H and O–H groups in total. The summed E-state index contributed by atoms with van der Waals surface area (Å²) < 4.78 is 0. The van der Waals surface area contributed by atoms with Gasteiger partial charge in [-0.05, 0) is 45.2 Å². The number of nitrogens with two attached hydrogens (primary N) is 2. The Labute approximate surface area is 164 Å². The minimum Gasteiger partial charge on any atom is -0.480 e. The molecule has 0 aromatic carbocycles. The zero-order valence-electron chi connectivity index (χ0n) is 16.1. The predicted molar refractivity (Wildman–Crippen MR) is 102 cm³/mol. The summed E-state index contributed by atoms with van der Waals surface area (Å²) in [6.07, 6.45) is 2.83. The average Bonchev–Trinajstić information content (AvgIpc) is 2.65. The van der Waals surface area contributed by atoms with Gasteiger partial charge in [0.2, 0.25) is 11.8 Å². The van der Waals surface area contributed by atoms with Crippen LogP contribution in [0.25, 0.3) is 0 Å². The van der Waals surface area contributed by atoms with Crippen molar-refractivity contribution in [3.63, 3.8) is 0 Å². The number of carbonyl (C=O) groups excluding carboxylic acids is 2. The molecule has 0 spiro atoms. The number of rotatable bonds is 17. The van der Waals surface area contributed by atoms with Gasteiger partial charge in [0, 0.05) is 25.9 Å². The molecule has 11 heteroatoms. The molecule has 0 bridgehead atoms. The third kappa shape index (κ3) is 14.9. The Morgan fingerprint density at radius 2 is 1.07 bits per heavy atom. The maximum atomic E-state index is 11.5. The maximum Gasteiger partial charge on any atom is 0.320 e. The molecular formula is C17H33N5O6. The molecule has 2 atom stereocenters. The zero-order chi connectivity index (χ0) is 21.4. The first-order chi connectivity index (χ1) is 13.2. The maximum absolute atomic E-state index is 11.5. The van der Waals surface area contributed by atoms with Gasteiger partial charge in [-0.2, -0.15) is 0 Å². The highest BCUT2D eigenvalue weighted by Gasteiger charge is 2.13. The third-order valence-corrected chi connectivity index (χ3v) is 3.95. The molecule has 0 aliphatic heterocycles. The fourth-order valence-corrected chi connectivity index (χ4v) is 2.17. The first kappa shape index (κ1) is 25.8. The standard InChI is InChI=1S/C17H33N5O6/c18-12(16(25)26)4-6-14(23)21-10-2-1-8-20-9-3-11-22-15(24)7-5-13(19)17(27)28/h12-13,20H,1-11,18-19H2,(H,21,23)(H,22,24)(H,25,26)(H,27,28)/t12?,13-/m0/s1. The van der Waals surface area contributed by atoms with Gasteiger partial charge in [-0.25, -0.2) is 0 Å². The summed E-state index contributed by atoms with van der Waals surface area (Å²) in [5, 5.41) is 25.9. The third-order valence-electron chi connectivity index (χ3n) is 3.95. The molecule has 0 aliphatic carbocycles. The van der Waals surface area contributed by atoms with Gasteiger partial charge in [-0.1, -0.05) is 0 Å². The number of carboxylic acid groups (broad SMARTS) is 2.